The van der Waals surface area contributed by atoms with Crippen LogP contribution in [0.15, 0.2) is 67.1 Å². The van der Waals surface area contributed by atoms with Crippen molar-refractivity contribution in [2.75, 3.05) is 24.2 Å². The first-order valence-electron chi connectivity index (χ1n) is 10.7. The highest BCUT2D eigenvalue weighted by molar-refractivity contribution is 6.07. The number of rotatable bonds is 5. The van der Waals surface area contributed by atoms with E-state index >= 15 is 0 Å². The molecule has 10 heteroatoms. The SMILES string of the molecule is CNc1ncccc1C(=O)Nc1cc(ON2CCC[C@@H]2C)cc(C(F)(F)F)c1.c1ccncc1. The van der Waals surface area contributed by atoms with E-state index in [1.807, 2.05) is 25.1 Å². The molecule has 1 saturated heterocycles. The average molecular weight is 473 g/mol. The van der Waals surface area contributed by atoms with E-state index in [0.717, 1.165) is 25.0 Å². The van der Waals surface area contributed by atoms with Gasteiger partial charge in [-0.15, -0.1) is 5.06 Å². The Morgan fingerprint density at radius 3 is 2.44 bits per heavy atom. The summed E-state index contributed by atoms with van der Waals surface area (Å²) in [7, 11) is 1.60. The van der Waals surface area contributed by atoms with Gasteiger partial charge in [-0.05, 0) is 56.2 Å². The fourth-order valence-corrected chi connectivity index (χ4v) is 3.36. The third-order valence-corrected chi connectivity index (χ3v) is 5.06. The first-order valence-corrected chi connectivity index (χ1v) is 10.7. The molecule has 34 heavy (non-hydrogen) atoms. The number of aromatic nitrogens is 2. The molecular weight excluding hydrogens is 447 g/mol. The molecule has 0 spiro atoms. The Labute approximate surface area is 195 Å². The second-order valence-corrected chi connectivity index (χ2v) is 7.60. The molecule has 0 bridgehead atoms. The number of hydrogen-bond acceptors (Lipinski definition) is 6. The summed E-state index contributed by atoms with van der Waals surface area (Å²) in [6, 6.07) is 12.1. The molecule has 180 valence electrons. The van der Waals surface area contributed by atoms with Gasteiger partial charge >= 0.3 is 6.18 Å². The lowest BCUT2D eigenvalue weighted by Gasteiger charge is -2.22. The smallest absolute Gasteiger partial charge is 0.406 e. The van der Waals surface area contributed by atoms with E-state index in [2.05, 4.69) is 20.6 Å². The fourth-order valence-electron chi connectivity index (χ4n) is 3.36. The van der Waals surface area contributed by atoms with E-state index in [-0.39, 0.29) is 23.0 Å². The van der Waals surface area contributed by atoms with Crippen molar-refractivity contribution in [1.82, 2.24) is 15.0 Å². The molecule has 0 unspecified atom stereocenters. The number of pyridine rings is 2. The molecular formula is C24H26F3N5O2. The predicted molar refractivity (Wildman–Crippen MR) is 123 cm³/mol. The van der Waals surface area contributed by atoms with Crippen molar-refractivity contribution < 1.29 is 22.8 Å². The minimum Gasteiger partial charge on any atom is -0.406 e. The summed E-state index contributed by atoms with van der Waals surface area (Å²) in [6.45, 7) is 2.59. The summed E-state index contributed by atoms with van der Waals surface area (Å²) in [5.41, 5.74) is -0.683. The fraction of sp³-hybridized carbons (Fsp3) is 0.292. The molecule has 0 saturated carbocycles. The van der Waals surface area contributed by atoms with Crippen molar-refractivity contribution in [1.29, 1.82) is 0 Å². The van der Waals surface area contributed by atoms with Gasteiger partial charge in [-0.25, -0.2) is 4.98 Å². The predicted octanol–water partition coefficient (Wildman–Crippen LogP) is 5.25. The molecule has 1 fully saturated rings. The number of hydroxylamine groups is 2. The van der Waals surface area contributed by atoms with Crippen LogP contribution in [0.2, 0.25) is 0 Å². The van der Waals surface area contributed by atoms with Crippen molar-refractivity contribution in [3.63, 3.8) is 0 Å². The van der Waals surface area contributed by atoms with Gasteiger partial charge in [-0.2, -0.15) is 13.2 Å². The summed E-state index contributed by atoms with van der Waals surface area (Å²) in [6.07, 6.45) is 2.27. The lowest BCUT2D eigenvalue weighted by Crippen LogP contribution is -2.30. The molecule has 1 aliphatic rings. The van der Waals surface area contributed by atoms with Crippen LogP contribution in [0.3, 0.4) is 0 Å². The molecule has 2 N–H and O–H groups in total. The highest BCUT2D eigenvalue weighted by Gasteiger charge is 2.32. The van der Waals surface area contributed by atoms with Gasteiger partial charge in [0, 0.05) is 50.0 Å². The minimum atomic E-state index is -4.57. The van der Waals surface area contributed by atoms with Crippen LogP contribution >= 0.6 is 0 Å². The zero-order valence-electron chi connectivity index (χ0n) is 18.8. The molecule has 7 nitrogen and oxygen atoms in total. The van der Waals surface area contributed by atoms with Gasteiger partial charge in [0.2, 0.25) is 0 Å². The maximum Gasteiger partial charge on any atom is 0.416 e. The normalized spacial score (nSPS) is 15.7. The zero-order valence-corrected chi connectivity index (χ0v) is 18.8. The number of carbonyl (C=O) groups is 1. The number of nitrogens with one attached hydrogen (secondary N) is 2. The average Bonchev–Trinajstić information content (AvgIpc) is 3.24. The van der Waals surface area contributed by atoms with Crippen molar-refractivity contribution in [3.8, 4) is 5.75 Å². The first-order chi connectivity index (χ1) is 16.3. The summed E-state index contributed by atoms with van der Waals surface area (Å²) in [4.78, 5) is 26.0. The van der Waals surface area contributed by atoms with Gasteiger partial charge in [0.1, 0.15) is 11.6 Å². The van der Waals surface area contributed by atoms with Gasteiger partial charge in [0.25, 0.3) is 5.91 Å². The van der Waals surface area contributed by atoms with Crippen LogP contribution in [0.4, 0.5) is 24.7 Å². The van der Waals surface area contributed by atoms with Crippen molar-refractivity contribution in [2.45, 2.75) is 32.0 Å². The molecule has 0 radical (unpaired) electrons. The molecule has 1 aliphatic heterocycles. The van der Waals surface area contributed by atoms with Crippen LogP contribution in [0.25, 0.3) is 0 Å². The lowest BCUT2D eigenvalue weighted by atomic mass is 10.1. The number of anilines is 2. The van der Waals surface area contributed by atoms with Gasteiger partial charge in [0.05, 0.1) is 11.1 Å². The zero-order chi connectivity index (χ0) is 24.6. The second-order valence-electron chi connectivity index (χ2n) is 7.60. The van der Waals surface area contributed by atoms with E-state index in [4.69, 9.17) is 4.84 Å². The number of nitrogens with zero attached hydrogens (tertiary/aromatic N) is 3. The number of carbonyl (C=O) groups excluding carboxylic acids is 1. The first kappa shape index (κ1) is 25.0. The third-order valence-electron chi connectivity index (χ3n) is 5.06. The number of halogens is 3. The van der Waals surface area contributed by atoms with Gasteiger partial charge in [0.15, 0.2) is 0 Å². The van der Waals surface area contributed by atoms with Gasteiger partial charge in [-0.1, -0.05) is 6.07 Å². The lowest BCUT2D eigenvalue weighted by molar-refractivity contribution is -0.138. The van der Waals surface area contributed by atoms with Crippen molar-refractivity contribution >= 4 is 17.4 Å². The Balaban J connectivity index is 0.000000469. The highest BCUT2D eigenvalue weighted by atomic mass is 19.4. The van der Waals surface area contributed by atoms with E-state index < -0.39 is 17.6 Å². The quantitative estimate of drug-likeness (QED) is 0.527. The molecule has 4 rings (SSSR count). The number of alkyl halides is 3. The Morgan fingerprint density at radius 1 is 1.12 bits per heavy atom. The molecule has 1 aromatic carbocycles. The molecule has 0 aliphatic carbocycles. The van der Waals surface area contributed by atoms with Gasteiger partial charge < -0.3 is 15.5 Å². The molecule has 3 aromatic rings. The number of benzene rings is 1. The third kappa shape index (κ3) is 6.92. The van der Waals surface area contributed by atoms with Gasteiger partial charge in [-0.3, -0.25) is 9.78 Å². The second kappa shape index (κ2) is 11.5. The van der Waals surface area contributed by atoms with E-state index in [1.165, 1.54) is 18.3 Å². The van der Waals surface area contributed by atoms with E-state index in [1.54, 1.807) is 30.6 Å². The summed E-state index contributed by atoms with van der Waals surface area (Å²) in [5.74, 6) is -0.217. The number of amides is 1. The Hall–Kier alpha value is -3.66. The topological polar surface area (TPSA) is 79.4 Å². The minimum absolute atomic E-state index is 0.00687. The van der Waals surface area contributed by atoms with Crippen molar-refractivity contribution in [3.05, 3.63) is 78.2 Å². The van der Waals surface area contributed by atoms with Crippen LogP contribution in [-0.4, -0.2) is 40.6 Å². The van der Waals surface area contributed by atoms with Crippen LogP contribution in [0, 0.1) is 0 Å². The maximum atomic E-state index is 13.3. The van der Waals surface area contributed by atoms with Crippen LogP contribution in [0.5, 0.6) is 5.75 Å². The molecule has 3 heterocycles. The van der Waals surface area contributed by atoms with Crippen LogP contribution in [-0.2, 0) is 6.18 Å². The summed E-state index contributed by atoms with van der Waals surface area (Å²) >= 11 is 0. The molecule has 1 atom stereocenters. The van der Waals surface area contributed by atoms with E-state index in [9.17, 15) is 18.0 Å². The Bertz CT molecular complexity index is 1050. The van der Waals surface area contributed by atoms with Crippen molar-refractivity contribution in [2.24, 2.45) is 0 Å². The Morgan fingerprint density at radius 2 is 1.88 bits per heavy atom. The molecule has 1 amide bonds. The molecule has 2 aromatic heterocycles. The number of hydrogen-bond donors (Lipinski definition) is 2. The standard InChI is InChI=1S/C19H21F3N4O2.C5H5N/c1-12-5-4-8-26(12)28-15-10-13(19(20,21)22)9-14(11-15)25-18(27)16-6-3-7-24-17(16)23-2;1-2-4-6-5-3-1/h3,6-7,9-12H,4-5,8H2,1-2H3,(H,23,24)(H,25,27);1-5H/t12-;/m0./s1. The van der Waals surface area contributed by atoms with Crippen LogP contribution < -0.4 is 15.5 Å². The summed E-state index contributed by atoms with van der Waals surface area (Å²) in [5, 5.41) is 6.94. The monoisotopic (exact) mass is 473 g/mol. The maximum absolute atomic E-state index is 13.3. The highest BCUT2D eigenvalue weighted by Crippen LogP contribution is 2.35. The van der Waals surface area contributed by atoms with E-state index in [0.29, 0.717) is 12.4 Å². The Kier molecular flexibility index (Phi) is 8.42. The largest absolute Gasteiger partial charge is 0.416 e. The summed E-state index contributed by atoms with van der Waals surface area (Å²) < 4.78 is 39.9. The van der Waals surface area contributed by atoms with Crippen LogP contribution in [0.1, 0.15) is 35.7 Å².